The Morgan fingerprint density at radius 2 is 1.88 bits per heavy atom. The second-order valence-electron chi connectivity index (χ2n) is 5.04. The first-order chi connectivity index (χ1) is 11.6. The number of rotatable bonds is 4. The summed E-state index contributed by atoms with van der Waals surface area (Å²) in [6.07, 6.45) is 0. The predicted molar refractivity (Wildman–Crippen MR) is 87.0 cm³/mol. The molecule has 3 aromatic rings. The normalized spacial score (nSPS) is 10.5. The van der Waals surface area contributed by atoms with E-state index < -0.39 is 11.7 Å². The van der Waals surface area contributed by atoms with Crippen LogP contribution in [0.15, 0.2) is 48.5 Å². The first-order valence-electron chi connectivity index (χ1n) is 7.23. The van der Waals surface area contributed by atoms with Gasteiger partial charge in [-0.25, -0.2) is 9.07 Å². The van der Waals surface area contributed by atoms with Gasteiger partial charge in [0.05, 0.1) is 18.5 Å². The van der Waals surface area contributed by atoms with Gasteiger partial charge in [0.15, 0.2) is 5.69 Å². The summed E-state index contributed by atoms with van der Waals surface area (Å²) >= 11 is 0. The van der Waals surface area contributed by atoms with Crippen molar-refractivity contribution in [1.29, 1.82) is 0 Å². The molecule has 0 saturated heterocycles. The van der Waals surface area contributed by atoms with Crippen LogP contribution in [-0.4, -0.2) is 28.0 Å². The van der Waals surface area contributed by atoms with E-state index in [-0.39, 0.29) is 11.4 Å². The number of anilines is 1. The van der Waals surface area contributed by atoms with E-state index in [1.54, 1.807) is 49.4 Å². The third-order valence-corrected chi connectivity index (χ3v) is 3.55. The monoisotopic (exact) mass is 326 g/mol. The second-order valence-corrected chi connectivity index (χ2v) is 5.04. The Hall–Kier alpha value is -3.22. The average Bonchev–Trinajstić information content (AvgIpc) is 2.97. The number of methoxy groups -OCH3 is 1. The zero-order valence-corrected chi connectivity index (χ0v) is 13.2. The summed E-state index contributed by atoms with van der Waals surface area (Å²) in [7, 11) is 1.52. The summed E-state index contributed by atoms with van der Waals surface area (Å²) < 4.78 is 20.4. The molecule has 2 aromatic carbocycles. The topological polar surface area (TPSA) is 69.0 Å². The molecule has 122 valence electrons. The minimum atomic E-state index is -0.445. The van der Waals surface area contributed by atoms with Gasteiger partial charge >= 0.3 is 0 Å². The van der Waals surface area contributed by atoms with Crippen molar-refractivity contribution < 1.29 is 13.9 Å². The number of hydrogen-bond acceptors (Lipinski definition) is 4. The lowest BCUT2D eigenvalue weighted by atomic mass is 10.2. The third kappa shape index (κ3) is 2.83. The van der Waals surface area contributed by atoms with Gasteiger partial charge in [0.2, 0.25) is 0 Å². The van der Waals surface area contributed by atoms with E-state index in [2.05, 4.69) is 15.6 Å². The maximum Gasteiger partial charge on any atom is 0.278 e. The molecule has 7 heteroatoms. The van der Waals surface area contributed by atoms with Crippen molar-refractivity contribution in [2.45, 2.75) is 6.92 Å². The number of aromatic nitrogens is 3. The van der Waals surface area contributed by atoms with Crippen molar-refractivity contribution in [1.82, 2.24) is 15.0 Å². The summed E-state index contributed by atoms with van der Waals surface area (Å²) in [4.78, 5) is 12.5. The van der Waals surface area contributed by atoms with Crippen LogP contribution in [0.5, 0.6) is 5.75 Å². The predicted octanol–water partition coefficient (Wildman–Crippen LogP) is 2.98. The van der Waals surface area contributed by atoms with Gasteiger partial charge in [-0.05, 0) is 31.2 Å². The number of carbonyl (C=O) groups is 1. The molecule has 1 aromatic heterocycles. The molecule has 0 bridgehead atoms. The molecule has 1 heterocycles. The van der Waals surface area contributed by atoms with Crippen molar-refractivity contribution in [2.75, 3.05) is 12.4 Å². The van der Waals surface area contributed by atoms with Crippen LogP contribution in [0.4, 0.5) is 10.1 Å². The summed E-state index contributed by atoms with van der Waals surface area (Å²) in [5.74, 6) is -0.355. The van der Waals surface area contributed by atoms with Gasteiger partial charge in [-0.2, -0.15) is 0 Å². The second kappa shape index (κ2) is 6.49. The van der Waals surface area contributed by atoms with Crippen LogP contribution in [0.3, 0.4) is 0 Å². The number of carbonyl (C=O) groups excluding carboxylic acids is 1. The first kappa shape index (κ1) is 15.7. The van der Waals surface area contributed by atoms with Crippen LogP contribution in [0, 0.1) is 12.7 Å². The van der Waals surface area contributed by atoms with Crippen molar-refractivity contribution in [3.63, 3.8) is 0 Å². The first-order valence-corrected chi connectivity index (χ1v) is 7.23. The third-order valence-electron chi connectivity index (χ3n) is 3.55. The molecule has 3 rings (SSSR count). The molecule has 0 atom stereocenters. The van der Waals surface area contributed by atoms with Gasteiger partial charge in [0, 0.05) is 0 Å². The minimum absolute atomic E-state index is 0.115. The lowest BCUT2D eigenvalue weighted by molar-refractivity contribution is 0.102. The van der Waals surface area contributed by atoms with E-state index in [4.69, 9.17) is 4.74 Å². The van der Waals surface area contributed by atoms with E-state index in [0.717, 1.165) is 0 Å². The number of ether oxygens (including phenoxy) is 1. The van der Waals surface area contributed by atoms with Crippen LogP contribution in [-0.2, 0) is 0 Å². The number of nitrogens with one attached hydrogen (secondary N) is 1. The zero-order chi connectivity index (χ0) is 17.1. The molecule has 0 radical (unpaired) electrons. The number of para-hydroxylation sites is 3. The Labute approximate surface area is 137 Å². The Bertz CT molecular complexity index is 892. The van der Waals surface area contributed by atoms with Gasteiger partial charge < -0.3 is 10.1 Å². The van der Waals surface area contributed by atoms with Gasteiger partial charge in [-0.15, -0.1) is 5.10 Å². The summed E-state index contributed by atoms with van der Waals surface area (Å²) in [6.45, 7) is 1.66. The summed E-state index contributed by atoms with van der Waals surface area (Å²) in [5, 5.41) is 10.5. The van der Waals surface area contributed by atoms with E-state index in [1.807, 2.05) is 0 Å². The van der Waals surface area contributed by atoms with E-state index in [9.17, 15) is 9.18 Å². The standard InChI is InChI=1S/C17H15FN4O2/c1-11-16(17(23)19-13-8-4-6-10-15(13)24-2)20-21-22(11)14-9-5-3-7-12(14)18/h3-10H,1-2H3,(H,19,23). The van der Waals surface area contributed by atoms with Crippen LogP contribution in [0.2, 0.25) is 0 Å². The Morgan fingerprint density at radius 3 is 2.62 bits per heavy atom. The molecule has 1 N–H and O–H groups in total. The van der Waals surface area contributed by atoms with Gasteiger partial charge in [-0.1, -0.05) is 29.5 Å². The van der Waals surface area contributed by atoms with Crippen molar-refractivity contribution >= 4 is 11.6 Å². The quantitative estimate of drug-likeness (QED) is 0.800. The fourth-order valence-electron chi connectivity index (χ4n) is 2.32. The molecule has 0 spiro atoms. The fraction of sp³-hybridized carbons (Fsp3) is 0.118. The molecule has 0 aliphatic carbocycles. The lowest BCUT2D eigenvalue weighted by Gasteiger charge is -2.09. The number of amides is 1. The molecule has 1 amide bonds. The highest BCUT2D eigenvalue weighted by Gasteiger charge is 2.19. The molecule has 0 aliphatic rings. The largest absolute Gasteiger partial charge is 0.495 e. The highest BCUT2D eigenvalue weighted by Crippen LogP contribution is 2.24. The van der Waals surface area contributed by atoms with Crippen LogP contribution in [0.25, 0.3) is 5.69 Å². The van der Waals surface area contributed by atoms with Gasteiger partial charge in [-0.3, -0.25) is 4.79 Å². The zero-order valence-electron chi connectivity index (χ0n) is 13.2. The summed E-state index contributed by atoms with van der Waals surface area (Å²) in [5.41, 5.74) is 1.31. The average molecular weight is 326 g/mol. The molecular weight excluding hydrogens is 311 g/mol. The highest BCUT2D eigenvalue weighted by atomic mass is 19.1. The van der Waals surface area contributed by atoms with Crippen LogP contribution < -0.4 is 10.1 Å². The van der Waals surface area contributed by atoms with Gasteiger partial charge in [0.1, 0.15) is 17.3 Å². The molecule has 24 heavy (non-hydrogen) atoms. The van der Waals surface area contributed by atoms with Gasteiger partial charge in [0.25, 0.3) is 5.91 Å². The highest BCUT2D eigenvalue weighted by molar-refractivity contribution is 6.04. The Balaban J connectivity index is 1.91. The Kier molecular flexibility index (Phi) is 4.24. The maximum absolute atomic E-state index is 13.9. The fourth-order valence-corrected chi connectivity index (χ4v) is 2.32. The minimum Gasteiger partial charge on any atom is -0.495 e. The maximum atomic E-state index is 13.9. The Morgan fingerprint density at radius 1 is 1.17 bits per heavy atom. The smallest absolute Gasteiger partial charge is 0.278 e. The molecule has 0 fully saturated rings. The number of nitrogens with zero attached hydrogens (tertiary/aromatic N) is 3. The number of halogens is 1. The molecular formula is C17H15FN4O2. The van der Waals surface area contributed by atoms with Crippen LogP contribution >= 0.6 is 0 Å². The summed E-state index contributed by atoms with van der Waals surface area (Å²) in [6, 6.07) is 13.2. The van der Waals surface area contributed by atoms with E-state index >= 15 is 0 Å². The number of benzene rings is 2. The SMILES string of the molecule is COc1ccccc1NC(=O)c1nnn(-c2ccccc2F)c1C. The molecule has 0 unspecified atom stereocenters. The van der Waals surface area contributed by atoms with Crippen molar-refractivity contribution in [3.8, 4) is 11.4 Å². The van der Waals surface area contributed by atoms with E-state index in [0.29, 0.717) is 17.1 Å². The van der Waals surface area contributed by atoms with Crippen molar-refractivity contribution in [2.24, 2.45) is 0 Å². The lowest BCUT2D eigenvalue weighted by Crippen LogP contribution is -2.15. The van der Waals surface area contributed by atoms with Crippen LogP contribution in [0.1, 0.15) is 16.2 Å². The molecule has 0 saturated carbocycles. The van der Waals surface area contributed by atoms with E-state index in [1.165, 1.54) is 17.9 Å². The van der Waals surface area contributed by atoms with Crippen molar-refractivity contribution in [3.05, 3.63) is 65.7 Å². The number of hydrogen-bond donors (Lipinski definition) is 1. The molecule has 0 aliphatic heterocycles. The molecule has 6 nitrogen and oxygen atoms in total.